The highest BCUT2D eigenvalue weighted by Crippen LogP contribution is 2.08. The van der Waals surface area contributed by atoms with E-state index in [4.69, 9.17) is 5.73 Å². The number of hydrogen-bond donors (Lipinski definition) is 1. The third kappa shape index (κ3) is 2.74. The van der Waals surface area contributed by atoms with E-state index in [1.807, 2.05) is 6.92 Å². The predicted octanol–water partition coefficient (Wildman–Crippen LogP) is 1.26. The third-order valence-corrected chi connectivity index (χ3v) is 2.59. The summed E-state index contributed by atoms with van der Waals surface area (Å²) < 4.78 is 1.51. The molecule has 0 radical (unpaired) electrons. The van der Waals surface area contributed by atoms with Crippen molar-refractivity contribution in [2.24, 2.45) is 7.05 Å². The molecule has 0 aliphatic rings. The Bertz CT molecular complexity index is 339. The van der Waals surface area contributed by atoms with Crippen molar-refractivity contribution in [3.63, 3.8) is 0 Å². The van der Waals surface area contributed by atoms with Gasteiger partial charge in [0.1, 0.15) is 5.82 Å². The van der Waals surface area contributed by atoms with Crippen LogP contribution in [0.2, 0.25) is 0 Å². The van der Waals surface area contributed by atoms with Gasteiger partial charge in [-0.05, 0) is 13.3 Å². The highest BCUT2D eigenvalue weighted by atomic mass is 16.2. The minimum absolute atomic E-state index is 0.0387. The molecule has 0 unspecified atom stereocenters. The number of hydrogen-bond acceptors (Lipinski definition) is 3. The van der Waals surface area contributed by atoms with Gasteiger partial charge in [0.25, 0.3) is 5.91 Å². The predicted molar refractivity (Wildman–Crippen MR) is 64.1 cm³/mol. The molecule has 1 aromatic heterocycles. The molecule has 0 aliphatic carbocycles. The quantitative estimate of drug-likeness (QED) is 0.819. The van der Waals surface area contributed by atoms with Crippen molar-refractivity contribution in [2.45, 2.75) is 26.7 Å². The van der Waals surface area contributed by atoms with Crippen molar-refractivity contribution < 1.29 is 4.79 Å². The van der Waals surface area contributed by atoms with Crippen LogP contribution in [0.5, 0.6) is 0 Å². The van der Waals surface area contributed by atoms with Gasteiger partial charge in [-0.2, -0.15) is 5.10 Å². The van der Waals surface area contributed by atoms with Crippen LogP contribution < -0.4 is 5.73 Å². The highest BCUT2D eigenvalue weighted by Gasteiger charge is 2.17. The van der Waals surface area contributed by atoms with Gasteiger partial charge < -0.3 is 10.6 Å². The minimum Gasteiger partial charge on any atom is -0.384 e. The Morgan fingerprint density at radius 2 is 2.25 bits per heavy atom. The van der Waals surface area contributed by atoms with Gasteiger partial charge in [0.2, 0.25) is 0 Å². The molecular weight excluding hydrogens is 204 g/mol. The highest BCUT2D eigenvalue weighted by molar-refractivity contribution is 5.93. The lowest BCUT2D eigenvalue weighted by atomic mass is 10.3. The fraction of sp³-hybridized carbons (Fsp3) is 0.636. The van der Waals surface area contributed by atoms with Gasteiger partial charge in [-0.15, -0.1) is 0 Å². The van der Waals surface area contributed by atoms with E-state index in [2.05, 4.69) is 12.0 Å². The topological polar surface area (TPSA) is 64.2 Å². The van der Waals surface area contributed by atoms with Crippen molar-refractivity contribution in [1.29, 1.82) is 0 Å². The summed E-state index contributed by atoms with van der Waals surface area (Å²) in [6.07, 6.45) is 2.09. The fourth-order valence-electron chi connectivity index (χ4n) is 1.50. The van der Waals surface area contributed by atoms with E-state index in [9.17, 15) is 4.79 Å². The first kappa shape index (κ1) is 12.5. The van der Waals surface area contributed by atoms with Crippen molar-refractivity contribution in [3.05, 3.63) is 11.8 Å². The molecule has 90 valence electrons. The molecule has 0 saturated heterocycles. The summed E-state index contributed by atoms with van der Waals surface area (Å²) in [7, 11) is 1.73. The Morgan fingerprint density at radius 1 is 1.56 bits per heavy atom. The zero-order chi connectivity index (χ0) is 12.1. The number of nitrogens with zero attached hydrogens (tertiary/aromatic N) is 3. The van der Waals surface area contributed by atoms with Crippen molar-refractivity contribution in [1.82, 2.24) is 14.7 Å². The zero-order valence-corrected chi connectivity index (χ0v) is 10.2. The van der Waals surface area contributed by atoms with E-state index in [1.165, 1.54) is 4.68 Å². The summed E-state index contributed by atoms with van der Waals surface area (Å²) in [5.41, 5.74) is 6.08. The Labute approximate surface area is 96.2 Å². The van der Waals surface area contributed by atoms with E-state index < -0.39 is 0 Å². The Hall–Kier alpha value is -1.52. The van der Waals surface area contributed by atoms with Crippen molar-refractivity contribution >= 4 is 11.7 Å². The SMILES string of the molecule is CCCCN(CC)C(=O)c1cc(N)n(C)n1. The molecule has 1 amide bonds. The summed E-state index contributed by atoms with van der Waals surface area (Å²) in [5, 5.41) is 4.09. The maximum absolute atomic E-state index is 12.0. The maximum Gasteiger partial charge on any atom is 0.274 e. The lowest BCUT2D eigenvalue weighted by Gasteiger charge is -2.19. The smallest absolute Gasteiger partial charge is 0.274 e. The van der Waals surface area contributed by atoms with Crippen molar-refractivity contribution in [3.8, 4) is 0 Å². The normalized spacial score (nSPS) is 10.4. The third-order valence-electron chi connectivity index (χ3n) is 2.59. The average molecular weight is 224 g/mol. The van der Waals surface area contributed by atoms with Crippen LogP contribution in [-0.4, -0.2) is 33.7 Å². The molecule has 0 bridgehead atoms. The molecular formula is C11H20N4O. The Balaban J connectivity index is 2.74. The summed E-state index contributed by atoms with van der Waals surface area (Å²) in [6, 6.07) is 1.62. The van der Waals surface area contributed by atoms with Gasteiger partial charge in [0.15, 0.2) is 5.69 Å². The Morgan fingerprint density at radius 3 is 2.69 bits per heavy atom. The van der Waals surface area contributed by atoms with E-state index in [0.717, 1.165) is 19.4 Å². The number of anilines is 1. The molecule has 1 heterocycles. The van der Waals surface area contributed by atoms with Crippen LogP contribution in [0, 0.1) is 0 Å². The number of aryl methyl sites for hydroxylation is 1. The number of carbonyl (C=O) groups excluding carboxylic acids is 1. The van der Waals surface area contributed by atoms with Crippen LogP contribution in [0.15, 0.2) is 6.07 Å². The Kier molecular flexibility index (Phi) is 4.34. The molecule has 1 aromatic rings. The molecule has 0 aromatic carbocycles. The molecule has 0 atom stereocenters. The molecule has 0 aliphatic heterocycles. The lowest BCUT2D eigenvalue weighted by Crippen LogP contribution is -2.32. The summed E-state index contributed by atoms with van der Waals surface area (Å²) in [5.74, 6) is 0.471. The zero-order valence-electron chi connectivity index (χ0n) is 10.2. The van der Waals surface area contributed by atoms with Gasteiger partial charge in [0, 0.05) is 26.2 Å². The first-order valence-corrected chi connectivity index (χ1v) is 5.68. The van der Waals surface area contributed by atoms with Gasteiger partial charge in [-0.3, -0.25) is 9.48 Å². The molecule has 16 heavy (non-hydrogen) atoms. The molecule has 1 rings (SSSR count). The number of nitrogen functional groups attached to an aromatic ring is 1. The van der Waals surface area contributed by atoms with Crippen LogP contribution in [0.3, 0.4) is 0 Å². The lowest BCUT2D eigenvalue weighted by molar-refractivity contribution is 0.0755. The van der Waals surface area contributed by atoms with Gasteiger partial charge in [0.05, 0.1) is 0 Å². The fourth-order valence-corrected chi connectivity index (χ4v) is 1.50. The molecule has 0 saturated carbocycles. The number of carbonyl (C=O) groups is 1. The van der Waals surface area contributed by atoms with E-state index in [1.54, 1.807) is 18.0 Å². The minimum atomic E-state index is -0.0387. The number of nitrogens with two attached hydrogens (primary N) is 1. The van der Waals surface area contributed by atoms with Crippen LogP contribution in [-0.2, 0) is 7.05 Å². The van der Waals surface area contributed by atoms with Crippen LogP contribution >= 0.6 is 0 Å². The van der Waals surface area contributed by atoms with Gasteiger partial charge >= 0.3 is 0 Å². The first-order chi connectivity index (χ1) is 7.60. The number of aromatic nitrogens is 2. The van der Waals surface area contributed by atoms with Gasteiger partial charge in [-0.1, -0.05) is 13.3 Å². The van der Waals surface area contributed by atoms with E-state index >= 15 is 0 Å². The molecule has 5 heteroatoms. The summed E-state index contributed by atoms with van der Waals surface area (Å²) in [4.78, 5) is 13.8. The standard InChI is InChI=1S/C11H20N4O/c1-4-6-7-15(5-2)11(16)9-8-10(12)14(3)13-9/h8H,4-7,12H2,1-3H3. The van der Waals surface area contributed by atoms with Crippen molar-refractivity contribution in [2.75, 3.05) is 18.8 Å². The molecule has 0 fully saturated rings. The second kappa shape index (κ2) is 5.53. The average Bonchev–Trinajstić information content (AvgIpc) is 2.60. The number of rotatable bonds is 5. The number of amides is 1. The maximum atomic E-state index is 12.0. The second-order valence-electron chi connectivity index (χ2n) is 3.82. The summed E-state index contributed by atoms with van der Waals surface area (Å²) >= 11 is 0. The second-order valence-corrected chi connectivity index (χ2v) is 3.82. The van der Waals surface area contributed by atoms with Crippen LogP contribution in [0.25, 0.3) is 0 Å². The van der Waals surface area contributed by atoms with E-state index in [0.29, 0.717) is 18.1 Å². The van der Waals surface area contributed by atoms with Crippen LogP contribution in [0.4, 0.5) is 5.82 Å². The largest absolute Gasteiger partial charge is 0.384 e. The molecule has 2 N–H and O–H groups in total. The summed E-state index contributed by atoms with van der Waals surface area (Å²) in [6.45, 7) is 5.56. The number of unbranched alkanes of at least 4 members (excludes halogenated alkanes) is 1. The van der Waals surface area contributed by atoms with Gasteiger partial charge in [-0.25, -0.2) is 0 Å². The molecule has 5 nitrogen and oxygen atoms in total. The molecule has 0 spiro atoms. The van der Waals surface area contributed by atoms with E-state index in [-0.39, 0.29) is 5.91 Å². The first-order valence-electron chi connectivity index (χ1n) is 5.68. The van der Waals surface area contributed by atoms with Crippen LogP contribution in [0.1, 0.15) is 37.2 Å². The monoisotopic (exact) mass is 224 g/mol.